The van der Waals surface area contributed by atoms with Crippen LogP contribution in [0, 0.1) is 0 Å². The van der Waals surface area contributed by atoms with E-state index < -0.39 is 0 Å². The van der Waals surface area contributed by atoms with Gasteiger partial charge in [0.25, 0.3) is 0 Å². The molecule has 0 radical (unpaired) electrons. The highest BCUT2D eigenvalue weighted by molar-refractivity contribution is 6.36. The van der Waals surface area contributed by atoms with Crippen LogP contribution < -0.4 is 4.90 Å². The van der Waals surface area contributed by atoms with E-state index >= 15 is 0 Å². The number of rotatable bonds is 3. The molecule has 126 valence electrons. The van der Waals surface area contributed by atoms with E-state index in [-0.39, 0.29) is 5.91 Å². The van der Waals surface area contributed by atoms with Gasteiger partial charge in [-0.15, -0.1) is 0 Å². The highest BCUT2D eigenvalue weighted by atomic mass is 35.5. The SMILES string of the molecule is O=C(CN1CCOCC1)N1CCN(c2ccc(Cl)cc2Cl)CC1. The second-order valence-corrected chi connectivity index (χ2v) is 6.70. The molecule has 1 amide bonds. The van der Waals surface area contributed by atoms with E-state index in [4.69, 9.17) is 27.9 Å². The number of amides is 1. The molecule has 0 unspecified atom stereocenters. The molecule has 0 N–H and O–H groups in total. The molecule has 0 aromatic heterocycles. The van der Waals surface area contributed by atoms with Crippen molar-refractivity contribution >= 4 is 34.8 Å². The third kappa shape index (κ3) is 4.29. The van der Waals surface area contributed by atoms with E-state index in [1.165, 1.54) is 0 Å². The first-order chi connectivity index (χ1) is 11.1. The normalized spacial score (nSPS) is 19.9. The van der Waals surface area contributed by atoms with Crippen molar-refractivity contribution in [2.75, 3.05) is 63.9 Å². The van der Waals surface area contributed by atoms with Crippen LogP contribution in [0.2, 0.25) is 10.0 Å². The molecule has 0 bridgehead atoms. The van der Waals surface area contributed by atoms with E-state index in [2.05, 4.69) is 9.80 Å². The summed E-state index contributed by atoms with van der Waals surface area (Å²) >= 11 is 12.2. The maximum absolute atomic E-state index is 12.4. The molecule has 0 atom stereocenters. The van der Waals surface area contributed by atoms with Crippen molar-refractivity contribution in [3.05, 3.63) is 28.2 Å². The molecular weight excluding hydrogens is 337 g/mol. The number of morpholine rings is 1. The Morgan fingerprint density at radius 1 is 1.04 bits per heavy atom. The van der Waals surface area contributed by atoms with Crippen molar-refractivity contribution in [2.45, 2.75) is 0 Å². The minimum absolute atomic E-state index is 0.203. The Hall–Kier alpha value is -1.01. The molecule has 2 heterocycles. The van der Waals surface area contributed by atoms with Crippen molar-refractivity contribution in [3.8, 4) is 0 Å². The summed E-state index contributed by atoms with van der Waals surface area (Å²) in [5.41, 5.74) is 0.983. The Balaban J connectivity index is 1.52. The topological polar surface area (TPSA) is 36.0 Å². The summed E-state index contributed by atoms with van der Waals surface area (Å²) in [6.45, 7) is 6.63. The quantitative estimate of drug-likeness (QED) is 0.828. The number of piperazine rings is 1. The molecule has 3 rings (SSSR count). The number of halogens is 2. The number of benzene rings is 1. The van der Waals surface area contributed by atoms with Gasteiger partial charge in [0, 0.05) is 44.3 Å². The summed E-state index contributed by atoms with van der Waals surface area (Å²) in [5, 5.41) is 1.30. The van der Waals surface area contributed by atoms with E-state index in [0.717, 1.165) is 58.2 Å². The number of hydrogen-bond donors (Lipinski definition) is 0. The lowest BCUT2D eigenvalue weighted by molar-refractivity contribution is -0.133. The van der Waals surface area contributed by atoms with E-state index in [0.29, 0.717) is 16.6 Å². The second-order valence-electron chi connectivity index (χ2n) is 5.85. The van der Waals surface area contributed by atoms with Crippen molar-refractivity contribution < 1.29 is 9.53 Å². The number of nitrogens with zero attached hydrogens (tertiary/aromatic N) is 3. The first kappa shape index (κ1) is 16.8. The lowest BCUT2D eigenvalue weighted by atomic mass is 10.2. The van der Waals surface area contributed by atoms with Gasteiger partial charge in [-0.1, -0.05) is 23.2 Å². The van der Waals surface area contributed by atoms with Gasteiger partial charge in [-0.2, -0.15) is 0 Å². The summed E-state index contributed by atoms with van der Waals surface area (Å²) in [6, 6.07) is 5.54. The molecule has 0 spiro atoms. The smallest absolute Gasteiger partial charge is 0.236 e. The molecule has 0 saturated carbocycles. The van der Waals surface area contributed by atoms with Gasteiger partial charge in [0.2, 0.25) is 5.91 Å². The van der Waals surface area contributed by atoms with Crippen molar-refractivity contribution in [2.24, 2.45) is 0 Å². The molecule has 2 aliphatic rings. The van der Waals surface area contributed by atoms with Crippen LogP contribution in [0.4, 0.5) is 5.69 Å². The van der Waals surface area contributed by atoms with Gasteiger partial charge in [0.15, 0.2) is 0 Å². The Morgan fingerprint density at radius 3 is 2.39 bits per heavy atom. The lowest BCUT2D eigenvalue weighted by Gasteiger charge is -2.37. The van der Waals surface area contributed by atoms with Crippen molar-refractivity contribution in [1.82, 2.24) is 9.80 Å². The molecule has 2 fully saturated rings. The third-order valence-corrected chi connectivity index (χ3v) is 4.88. The number of carbonyl (C=O) groups excluding carboxylic acids is 1. The van der Waals surface area contributed by atoms with Gasteiger partial charge in [-0.05, 0) is 18.2 Å². The van der Waals surface area contributed by atoms with Gasteiger partial charge in [0.1, 0.15) is 0 Å². The molecule has 2 aliphatic heterocycles. The van der Waals surface area contributed by atoms with Crippen LogP contribution in [0.5, 0.6) is 0 Å². The summed E-state index contributed by atoms with van der Waals surface area (Å²) in [5.74, 6) is 0.203. The number of carbonyl (C=O) groups is 1. The second kappa shape index (κ2) is 7.71. The van der Waals surface area contributed by atoms with Crippen LogP contribution in [0.15, 0.2) is 18.2 Å². The Labute approximate surface area is 146 Å². The summed E-state index contributed by atoms with van der Waals surface area (Å²) in [7, 11) is 0. The molecule has 5 nitrogen and oxygen atoms in total. The monoisotopic (exact) mass is 357 g/mol. The summed E-state index contributed by atoms with van der Waals surface area (Å²) < 4.78 is 5.31. The van der Waals surface area contributed by atoms with Gasteiger partial charge in [-0.3, -0.25) is 9.69 Å². The zero-order valence-electron chi connectivity index (χ0n) is 13.0. The predicted octanol–water partition coefficient (Wildman–Crippen LogP) is 1.97. The summed E-state index contributed by atoms with van der Waals surface area (Å²) in [6.07, 6.45) is 0. The van der Waals surface area contributed by atoms with Crippen LogP contribution in [0.1, 0.15) is 0 Å². The predicted molar refractivity (Wildman–Crippen MR) is 92.5 cm³/mol. The fraction of sp³-hybridized carbons (Fsp3) is 0.562. The van der Waals surface area contributed by atoms with E-state index in [1.54, 1.807) is 6.07 Å². The summed E-state index contributed by atoms with van der Waals surface area (Å²) in [4.78, 5) is 18.7. The average Bonchev–Trinajstić information content (AvgIpc) is 2.56. The largest absolute Gasteiger partial charge is 0.379 e. The van der Waals surface area contributed by atoms with E-state index in [1.807, 2.05) is 17.0 Å². The van der Waals surface area contributed by atoms with Crippen LogP contribution in [0.25, 0.3) is 0 Å². The van der Waals surface area contributed by atoms with Crippen molar-refractivity contribution in [3.63, 3.8) is 0 Å². The Morgan fingerprint density at radius 2 is 1.74 bits per heavy atom. The minimum Gasteiger partial charge on any atom is -0.379 e. The highest BCUT2D eigenvalue weighted by Gasteiger charge is 2.24. The number of ether oxygens (including phenoxy) is 1. The molecule has 2 saturated heterocycles. The fourth-order valence-corrected chi connectivity index (χ4v) is 3.51. The van der Waals surface area contributed by atoms with Gasteiger partial charge in [0.05, 0.1) is 30.5 Å². The van der Waals surface area contributed by atoms with E-state index in [9.17, 15) is 4.79 Å². The van der Waals surface area contributed by atoms with Gasteiger partial charge < -0.3 is 14.5 Å². The van der Waals surface area contributed by atoms with Crippen molar-refractivity contribution in [1.29, 1.82) is 0 Å². The molecule has 23 heavy (non-hydrogen) atoms. The van der Waals surface area contributed by atoms with Crippen LogP contribution in [-0.2, 0) is 9.53 Å². The molecule has 1 aromatic carbocycles. The third-order valence-electron chi connectivity index (χ3n) is 4.35. The molecular formula is C16H21Cl2N3O2. The minimum atomic E-state index is 0.203. The van der Waals surface area contributed by atoms with Gasteiger partial charge in [-0.25, -0.2) is 0 Å². The van der Waals surface area contributed by atoms with Crippen LogP contribution in [0.3, 0.4) is 0 Å². The maximum Gasteiger partial charge on any atom is 0.236 e. The first-order valence-corrected chi connectivity index (χ1v) is 8.67. The Kier molecular flexibility index (Phi) is 5.64. The average molecular weight is 358 g/mol. The molecule has 0 aliphatic carbocycles. The fourth-order valence-electron chi connectivity index (χ4n) is 2.99. The number of anilines is 1. The number of hydrogen-bond acceptors (Lipinski definition) is 4. The Bertz CT molecular complexity index is 556. The first-order valence-electron chi connectivity index (χ1n) is 7.91. The van der Waals surface area contributed by atoms with Crippen LogP contribution in [-0.4, -0.2) is 74.7 Å². The molecule has 1 aromatic rings. The maximum atomic E-state index is 12.4. The standard InChI is InChI=1S/C16H21Cl2N3O2/c17-13-1-2-15(14(18)11-13)20-3-5-21(6-4-20)16(22)12-19-7-9-23-10-8-19/h1-2,11H,3-10,12H2. The highest BCUT2D eigenvalue weighted by Crippen LogP contribution is 2.29. The zero-order chi connectivity index (χ0) is 16.2. The van der Waals surface area contributed by atoms with Gasteiger partial charge >= 0.3 is 0 Å². The lowest BCUT2D eigenvalue weighted by Crippen LogP contribution is -2.52. The van der Waals surface area contributed by atoms with Crippen LogP contribution >= 0.6 is 23.2 Å². The molecule has 7 heteroatoms. The zero-order valence-corrected chi connectivity index (χ0v) is 14.5.